The molecule has 2 heteroatoms. The molecule has 1 rings (SSSR count). The number of nitrogens with two attached hydrogens (primary N) is 1. The van der Waals surface area contributed by atoms with Gasteiger partial charge in [0.1, 0.15) is 0 Å². The maximum atomic E-state index is 8.84. The lowest BCUT2D eigenvalue weighted by atomic mass is 10.1. The Labute approximate surface area is 48.3 Å². The summed E-state index contributed by atoms with van der Waals surface area (Å²) in [6.45, 7) is 0. The zero-order valence-corrected chi connectivity index (χ0v) is 4.54. The molecule has 0 spiro atoms. The van der Waals surface area contributed by atoms with Crippen molar-refractivity contribution in [3.8, 4) is 0 Å². The quantitative estimate of drug-likeness (QED) is 0.467. The molecule has 0 radical (unpaired) electrons. The van der Waals surface area contributed by atoms with Gasteiger partial charge in [-0.1, -0.05) is 12.2 Å². The minimum Gasteiger partial charge on any atom is -0.399 e. The van der Waals surface area contributed by atoms with Crippen molar-refractivity contribution in [3.63, 3.8) is 0 Å². The van der Waals surface area contributed by atoms with Gasteiger partial charge in [0.2, 0.25) is 0 Å². The van der Waals surface area contributed by atoms with Crippen LogP contribution in [0, 0.1) is 0 Å². The van der Waals surface area contributed by atoms with Crippen LogP contribution in [0.1, 0.15) is 6.42 Å². The minimum atomic E-state index is -0.317. The van der Waals surface area contributed by atoms with Crippen molar-refractivity contribution < 1.29 is 5.11 Å². The molecule has 0 amide bonds. The summed E-state index contributed by atoms with van der Waals surface area (Å²) in [4.78, 5) is 0. The van der Waals surface area contributed by atoms with Crippen LogP contribution < -0.4 is 5.73 Å². The highest BCUT2D eigenvalue weighted by Gasteiger charge is 1.99. The molecule has 0 aromatic rings. The number of allylic oxidation sites excluding steroid dienone is 1. The first-order valence-corrected chi connectivity index (χ1v) is 2.61. The molecule has 2 nitrogen and oxygen atoms in total. The van der Waals surface area contributed by atoms with E-state index in [1.165, 1.54) is 0 Å². The number of rotatable bonds is 0. The highest BCUT2D eigenvalue weighted by molar-refractivity contribution is 5.20. The maximum absolute atomic E-state index is 8.84. The summed E-state index contributed by atoms with van der Waals surface area (Å²) in [5.41, 5.74) is 6.11. The monoisotopic (exact) mass is 111 g/mol. The van der Waals surface area contributed by atoms with Gasteiger partial charge in [0, 0.05) is 5.70 Å². The lowest BCUT2D eigenvalue weighted by Gasteiger charge is -2.05. The molecule has 1 aliphatic rings. The molecule has 8 heavy (non-hydrogen) atoms. The second-order valence-corrected chi connectivity index (χ2v) is 1.87. The van der Waals surface area contributed by atoms with Gasteiger partial charge in [0.15, 0.2) is 0 Å². The third-order valence-electron chi connectivity index (χ3n) is 1.11. The van der Waals surface area contributed by atoms with Crippen LogP contribution in [-0.2, 0) is 0 Å². The van der Waals surface area contributed by atoms with Crippen LogP contribution in [0.5, 0.6) is 0 Å². The molecule has 0 fully saturated rings. The van der Waals surface area contributed by atoms with E-state index in [2.05, 4.69) is 0 Å². The van der Waals surface area contributed by atoms with Crippen LogP contribution in [0.15, 0.2) is 23.9 Å². The van der Waals surface area contributed by atoms with E-state index in [0.29, 0.717) is 6.42 Å². The van der Waals surface area contributed by atoms with Gasteiger partial charge in [-0.2, -0.15) is 0 Å². The van der Waals surface area contributed by atoms with E-state index in [1.54, 1.807) is 12.2 Å². The molecule has 0 unspecified atom stereocenters. The van der Waals surface area contributed by atoms with Gasteiger partial charge in [0.25, 0.3) is 0 Å². The fourth-order valence-corrected chi connectivity index (χ4v) is 0.626. The van der Waals surface area contributed by atoms with Crippen molar-refractivity contribution in [2.45, 2.75) is 12.5 Å². The molecule has 0 aromatic heterocycles. The summed E-state index contributed by atoms with van der Waals surface area (Å²) in [5, 5.41) is 8.84. The lowest BCUT2D eigenvalue weighted by Crippen LogP contribution is -2.07. The Morgan fingerprint density at radius 1 is 1.75 bits per heavy atom. The van der Waals surface area contributed by atoms with Crippen LogP contribution in [0.25, 0.3) is 0 Å². The molecule has 0 bridgehead atoms. The van der Waals surface area contributed by atoms with Gasteiger partial charge in [-0.3, -0.25) is 0 Å². The minimum absolute atomic E-state index is 0.317. The van der Waals surface area contributed by atoms with Crippen LogP contribution in [-0.4, -0.2) is 11.2 Å². The molecule has 3 N–H and O–H groups in total. The molecule has 0 aromatic carbocycles. The van der Waals surface area contributed by atoms with Gasteiger partial charge in [-0.15, -0.1) is 0 Å². The number of hydrogen-bond donors (Lipinski definition) is 2. The number of aliphatic hydroxyl groups excluding tert-OH is 1. The molecule has 0 heterocycles. The van der Waals surface area contributed by atoms with E-state index in [4.69, 9.17) is 10.8 Å². The third-order valence-corrected chi connectivity index (χ3v) is 1.11. The van der Waals surface area contributed by atoms with E-state index >= 15 is 0 Å². The van der Waals surface area contributed by atoms with E-state index < -0.39 is 0 Å². The highest BCUT2D eigenvalue weighted by Crippen LogP contribution is 2.04. The zero-order chi connectivity index (χ0) is 5.98. The molecule has 44 valence electrons. The summed E-state index contributed by atoms with van der Waals surface area (Å²) in [7, 11) is 0. The largest absolute Gasteiger partial charge is 0.399 e. The summed E-state index contributed by atoms with van der Waals surface area (Å²) in [6.07, 6.45) is 5.55. The van der Waals surface area contributed by atoms with Gasteiger partial charge in [-0.25, -0.2) is 0 Å². The molecule has 0 saturated heterocycles. The molecule has 1 atom stereocenters. The molecule has 0 aliphatic heterocycles. The van der Waals surface area contributed by atoms with Crippen LogP contribution >= 0.6 is 0 Å². The Bertz CT molecular complexity index is 137. The Morgan fingerprint density at radius 3 is 2.88 bits per heavy atom. The highest BCUT2D eigenvalue weighted by atomic mass is 16.3. The first kappa shape index (κ1) is 5.38. The normalized spacial score (nSPS) is 27.6. The number of aliphatic hydroxyl groups is 1. The van der Waals surface area contributed by atoms with Crippen LogP contribution in [0.3, 0.4) is 0 Å². The Morgan fingerprint density at radius 2 is 2.50 bits per heavy atom. The Balaban J connectivity index is 2.58. The van der Waals surface area contributed by atoms with Gasteiger partial charge in [-0.05, 0) is 12.5 Å². The van der Waals surface area contributed by atoms with Crippen molar-refractivity contribution in [1.82, 2.24) is 0 Å². The Hall–Kier alpha value is -0.760. The first-order valence-electron chi connectivity index (χ1n) is 2.61. The van der Waals surface area contributed by atoms with Gasteiger partial charge < -0.3 is 10.8 Å². The van der Waals surface area contributed by atoms with E-state index in [1.807, 2.05) is 6.08 Å². The van der Waals surface area contributed by atoms with Crippen molar-refractivity contribution in [3.05, 3.63) is 23.9 Å². The van der Waals surface area contributed by atoms with Crippen molar-refractivity contribution in [2.24, 2.45) is 5.73 Å². The molecular weight excluding hydrogens is 102 g/mol. The smallest absolute Gasteiger partial charge is 0.0759 e. The van der Waals surface area contributed by atoms with Crippen molar-refractivity contribution >= 4 is 0 Å². The average molecular weight is 111 g/mol. The number of hydrogen-bond acceptors (Lipinski definition) is 2. The summed E-state index contributed by atoms with van der Waals surface area (Å²) >= 11 is 0. The molecule has 0 saturated carbocycles. The summed E-state index contributed by atoms with van der Waals surface area (Å²) in [6, 6.07) is 0. The maximum Gasteiger partial charge on any atom is 0.0759 e. The second-order valence-electron chi connectivity index (χ2n) is 1.87. The van der Waals surface area contributed by atoms with Crippen LogP contribution in [0.4, 0.5) is 0 Å². The Kier molecular flexibility index (Phi) is 1.35. The van der Waals surface area contributed by atoms with Crippen molar-refractivity contribution in [1.29, 1.82) is 0 Å². The fourth-order valence-electron chi connectivity index (χ4n) is 0.626. The van der Waals surface area contributed by atoms with E-state index in [9.17, 15) is 0 Å². The SMILES string of the molecule is NC1=CC[C@@H](O)C=C1. The summed E-state index contributed by atoms with van der Waals surface area (Å²) < 4.78 is 0. The van der Waals surface area contributed by atoms with E-state index in [-0.39, 0.29) is 6.10 Å². The predicted octanol–water partition coefficient (Wildman–Crippen LogP) is 0.150. The summed E-state index contributed by atoms with van der Waals surface area (Å²) in [5.74, 6) is 0. The zero-order valence-electron chi connectivity index (χ0n) is 4.54. The lowest BCUT2D eigenvalue weighted by molar-refractivity contribution is 0.225. The van der Waals surface area contributed by atoms with Gasteiger partial charge in [0.05, 0.1) is 6.10 Å². The molecule has 1 aliphatic carbocycles. The topological polar surface area (TPSA) is 46.2 Å². The third kappa shape index (κ3) is 1.10. The van der Waals surface area contributed by atoms with Crippen LogP contribution in [0.2, 0.25) is 0 Å². The van der Waals surface area contributed by atoms with E-state index in [0.717, 1.165) is 5.70 Å². The predicted molar refractivity (Wildman–Crippen MR) is 32.0 cm³/mol. The fraction of sp³-hybridized carbons (Fsp3) is 0.333. The molecular formula is C6H9NO. The second kappa shape index (κ2) is 2.01. The first-order chi connectivity index (χ1) is 3.79. The standard InChI is InChI=1S/C6H9NO/c7-5-1-3-6(8)4-2-5/h1-3,6,8H,4,7H2/t6-/m0/s1. The van der Waals surface area contributed by atoms with Gasteiger partial charge >= 0.3 is 0 Å². The van der Waals surface area contributed by atoms with Crippen molar-refractivity contribution in [2.75, 3.05) is 0 Å². The average Bonchev–Trinajstić information content (AvgIpc) is 1.77.